The van der Waals surface area contributed by atoms with Crippen molar-refractivity contribution in [1.29, 1.82) is 0 Å². The Labute approximate surface area is 219 Å². The molecule has 0 atom stereocenters. The summed E-state index contributed by atoms with van der Waals surface area (Å²) in [6.07, 6.45) is 8.86. The number of rotatable bonds is 10. The molecule has 9 heteroatoms. The maximum atomic E-state index is 14.6. The second kappa shape index (κ2) is 11.1. The minimum absolute atomic E-state index is 0.209. The minimum Gasteiger partial charge on any atom is -0.491 e. The molecule has 1 amide bonds. The van der Waals surface area contributed by atoms with Crippen LogP contribution in [0.3, 0.4) is 0 Å². The van der Waals surface area contributed by atoms with Gasteiger partial charge in [0.1, 0.15) is 0 Å². The number of aromatic nitrogens is 4. The van der Waals surface area contributed by atoms with E-state index in [0.717, 1.165) is 47.0 Å². The Kier molecular flexibility index (Phi) is 7.26. The summed E-state index contributed by atoms with van der Waals surface area (Å²) in [5.74, 6) is -0.363. The van der Waals surface area contributed by atoms with Gasteiger partial charge in [-0.25, -0.2) is 19.3 Å². The van der Waals surface area contributed by atoms with Crippen molar-refractivity contribution >= 4 is 28.4 Å². The number of nitrogens with zero attached hydrogens (tertiary/aromatic N) is 4. The summed E-state index contributed by atoms with van der Waals surface area (Å²) in [7, 11) is 0. The summed E-state index contributed by atoms with van der Waals surface area (Å²) >= 11 is 0. The Morgan fingerprint density at radius 3 is 2.79 bits per heavy atom. The van der Waals surface area contributed by atoms with Gasteiger partial charge < -0.3 is 20.4 Å². The predicted octanol–water partition coefficient (Wildman–Crippen LogP) is 5.64. The second-order valence-corrected chi connectivity index (χ2v) is 8.99. The molecule has 0 fully saturated rings. The van der Waals surface area contributed by atoms with Crippen molar-refractivity contribution in [2.45, 2.75) is 26.3 Å². The molecule has 0 aliphatic heterocycles. The Hall–Kier alpha value is -4.79. The molecule has 0 spiro atoms. The quantitative estimate of drug-likeness (QED) is 0.235. The van der Waals surface area contributed by atoms with E-state index in [-0.39, 0.29) is 5.75 Å². The van der Waals surface area contributed by atoms with Crippen LogP contribution < -0.4 is 15.8 Å². The van der Waals surface area contributed by atoms with E-state index in [4.69, 9.17) is 10.5 Å². The second-order valence-electron chi connectivity index (χ2n) is 8.99. The van der Waals surface area contributed by atoms with Gasteiger partial charge in [-0.2, -0.15) is 0 Å². The lowest BCUT2D eigenvalue weighted by Crippen LogP contribution is -2.10. The first kappa shape index (κ1) is 24.9. The van der Waals surface area contributed by atoms with Crippen LogP contribution in [0.4, 0.5) is 16.0 Å². The molecule has 0 saturated heterocycles. The number of ether oxygens (including phenoxy) is 1. The largest absolute Gasteiger partial charge is 0.491 e. The number of unbranched alkanes of at least 4 members (excludes halogenated alkanes) is 1. The van der Waals surface area contributed by atoms with E-state index in [9.17, 15) is 9.18 Å². The average molecular weight is 511 g/mol. The number of benzene rings is 3. The van der Waals surface area contributed by atoms with Crippen molar-refractivity contribution in [3.8, 4) is 16.9 Å². The number of halogens is 1. The van der Waals surface area contributed by atoms with Crippen LogP contribution in [-0.2, 0) is 6.54 Å². The lowest BCUT2D eigenvalue weighted by atomic mass is 9.97. The van der Waals surface area contributed by atoms with Crippen LogP contribution in [0, 0.1) is 12.7 Å². The number of carbonyl (C=O) groups is 1. The van der Waals surface area contributed by atoms with Gasteiger partial charge in [0.05, 0.1) is 18.5 Å². The van der Waals surface area contributed by atoms with Crippen molar-refractivity contribution in [1.82, 2.24) is 19.5 Å². The summed E-state index contributed by atoms with van der Waals surface area (Å²) in [5, 5.41) is 3.89. The highest BCUT2D eigenvalue weighted by Gasteiger charge is 2.10. The molecule has 0 radical (unpaired) electrons. The van der Waals surface area contributed by atoms with Crippen LogP contribution in [0.25, 0.3) is 22.0 Å². The van der Waals surface area contributed by atoms with Gasteiger partial charge in [-0.05, 0) is 72.9 Å². The number of aryl methyl sites for hydroxylation is 2. The van der Waals surface area contributed by atoms with Crippen LogP contribution in [0.2, 0.25) is 0 Å². The summed E-state index contributed by atoms with van der Waals surface area (Å²) in [6, 6.07) is 15.9. The highest BCUT2D eigenvalue weighted by Crippen LogP contribution is 2.28. The van der Waals surface area contributed by atoms with Gasteiger partial charge in [0.2, 0.25) is 11.9 Å². The Balaban J connectivity index is 1.23. The molecule has 3 N–H and O–H groups in total. The molecule has 0 saturated carbocycles. The van der Waals surface area contributed by atoms with Gasteiger partial charge in [-0.3, -0.25) is 4.79 Å². The number of carbonyl (C=O) groups excluding carboxylic acids is 1. The molecule has 0 aliphatic rings. The monoisotopic (exact) mass is 510 g/mol. The van der Waals surface area contributed by atoms with Gasteiger partial charge in [0, 0.05) is 47.8 Å². The van der Waals surface area contributed by atoms with Gasteiger partial charge in [-0.1, -0.05) is 12.1 Å². The molecule has 0 bridgehead atoms. The standard InChI is InChI=1S/C29H27FN6O2/c1-19-4-5-21(28(31)37)15-24(19)20-6-8-26-22(14-20)17-33-29(35-26)34-23-7-9-27(25(30)16-23)38-13-3-2-11-36-12-10-32-18-36/h4-10,12,14-18H,2-3,11,13H2,1H3,(H2,31,37)(H,33,34,35). The van der Waals surface area contributed by atoms with Crippen LogP contribution >= 0.6 is 0 Å². The van der Waals surface area contributed by atoms with E-state index in [0.29, 0.717) is 23.8 Å². The Morgan fingerprint density at radius 2 is 2.00 bits per heavy atom. The third kappa shape index (κ3) is 5.78. The fraction of sp³-hybridized carbons (Fsp3) is 0.172. The van der Waals surface area contributed by atoms with Crippen molar-refractivity contribution in [2.75, 3.05) is 11.9 Å². The van der Waals surface area contributed by atoms with Crippen LogP contribution in [0.1, 0.15) is 28.8 Å². The van der Waals surface area contributed by atoms with Gasteiger partial charge in [0.15, 0.2) is 11.6 Å². The highest BCUT2D eigenvalue weighted by atomic mass is 19.1. The van der Waals surface area contributed by atoms with Gasteiger partial charge in [-0.15, -0.1) is 0 Å². The topological polar surface area (TPSA) is 108 Å². The van der Waals surface area contributed by atoms with Crippen molar-refractivity contribution in [2.24, 2.45) is 5.73 Å². The van der Waals surface area contributed by atoms with Crippen molar-refractivity contribution < 1.29 is 13.9 Å². The normalized spacial score (nSPS) is 11.0. The number of primary amides is 1. The molecule has 5 rings (SSSR count). The number of nitrogens with one attached hydrogen (secondary N) is 1. The maximum Gasteiger partial charge on any atom is 0.248 e. The number of hydrogen-bond acceptors (Lipinski definition) is 6. The lowest BCUT2D eigenvalue weighted by molar-refractivity contribution is 0.100. The maximum absolute atomic E-state index is 14.6. The molecule has 0 aliphatic carbocycles. The first-order chi connectivity index (χ1) is 18.5. The summed E-state index contributed by atoms with van der Waals surface area (Å²) < 4.78 is 22.2. The number of amides is 1. The molecule has 0 unspecified atom stereocenters. The Morgan fingerprint density at radius 1 is 1.11 bits per heavy atom. The lowest BCUT2D eigenvalue weighted by Gasteiger charge is -2.11. The van der Waals surface area contributed by atoms with E-state index in [1.54, 1.807) is 43.0 Å². The van der Waals surface area contributed by atoms with E-state index in [1.807, 2.05) is 42.0 Å². The zero-order chi connectivity index (χ0) is 26.5. The summed E-state index contributed by atoms with van der Waals surface area (Å²) in [5.41, 5.74) is 10.0. The van der Waals surface area contributed by atoms with E-state index < -0.39 is 11.7 Å². The van der Waals surface area contributed by atoms with Crippen LogP contribution in [-0.4, -0.2) is 32.0 Å². The molecular formula is C29H27FN6O2. The van der Waals surface area contributed by atoms with E-state index in [2.05, 4.69) is 20.3 Å². The summed E-state index contributed by atoms with van der Waals surface area (Å²) in [6.45, 7) is 3.26. The van der Waals surface area contributed by atoms with E-state index >= 15 is 0 Å². The average Bonchev–Trinajstić information content (AvgIpc) is 3.43. The zero-order valence-electron chi connectivity index (χ0n) is 20.9. The number of hydrogen-bond donors (Lipinski definition) is 2. The number of imidazole rings is 1. The summed E-state index contributed by atoms with van der Waals surface area (Å²) in [4.78, 5) is 24.6. The first-order valence-electron chi connectivity index (χ1n) is 12.3. The molecule has 2 heterocycles. The SMILES string of the molecule is Cc1ccc(C(N)=O)cc1-c1ccc2nc(Nc3ccc(OCCCCn4ccnc4)c(F)c3)ncc2c1. The first-order valence-corrected chi connectivity index (χ1v) is 12.3. The fourth-order valence-corrected chi connectivity index (χ4v) is 4.17. The van der Waals surface area contributed by atoms with Gasteiger partial charge >= 0.3 is 0 Å². The third-order valence-electron chi connectivity index (χ3n) is 6.23. The fourth-order valence-electron chi connectivity index (χ4n) is 4.17. The zero-order valence-corrected chi connectivity index (χ0v) is 20.9. The Bertz CT molecular complexity index is 1590. The molecule has 5 aromatic rings. The van der Waals surface area contributed by atoms with Crippen LogP contribution in [0.5, 0.6) is 5.75 Å². The van der Waals surface area contributed by atoms with Crippen molar-refractivity contribution in [3.63, 3.8) is 0 Å². The number of nitrogens with two attached hydrogens (primary N) is 1. The third-order valence-corrected chi connectivity index (χ3v) is 6.23. The minimum atomic E-state index is -0.469. The van der Waals surface area contributed by atoms with Gasteiger partial charge in [0.25, 0.3) is 0 Å². The molecule has 192 valence electrons. The molecule has 2 aromatic heterocycles. The number of fused-ring (bicyclic) bond motifs is 1. The molecule has 38 heavy (non-hydrogen) atoms. The molecule has 3 aromatic carbocycles. The number of anilines is 2. The predicted molar refractivity (Wildman–Crippen MR) is 145 cm³/mol. The highest BCUT2D eigenvalue weighted by molar-refractivity contribution is 5.95. The smallest absolute Gasteiger partial charge is 0.248 e. The van der Waals surface area contributed by atoms with Crippen molar-refractivity contribution in [3.05, 3.63) is 96.5 Å². The molecule has 8 nitrogen and oxygen atoms in total. The van der Waals surface area contributed by atoms with Crippen LogP contribution in [0.15, 0.2) is 79.5 Å². The molecular weight excluding hydrogens is 483 g/mol. The van der Waals surface area contributed by atoms with E-state index in [1.165, 1.54) is 6.07 Å².